The summed E-state index contributed by atoms with van der Waals surface area (Å²) in [6, 6.07) is 11.1. The molecule has 0 aromatic heterocycles. The molecule has 2 aromatic rings. The van der Waals surface area contributed by atoms with Crippen LogP contribution in [0, 0.1) is 0 Å². The van der Waals surface area contributed by atoms with Gasteiger partial charge in [-0.05, 0) is 42.0 Å². The Hall–Kier alpha value is -1.09. The van der Waals surface area contributed by atoms with E-state index in [-0.39, 0.29) is 6.10 Å². The third kappa shape index (κ3) is 3.14. The highest BCUT2D eigenvalue weighted by Gasteiger charge is 2.22. The van der Waals surface area contributed by atoms with E-state index in [0.717, 1.165) is 28.4 Å². The van der Waals surface area contributed by atoms with Gasteiger partial charge in [0.15, 0.2) is 0 Å². The van der Waals surface area contributed by atoms with E-state index >= 15 is 0 Å². The molecule has 1 atom stereocenters. The van der Waals surface area contributed by atoms with Crippen LogP contribution >= 0.6 is 34.8 Å². The van der Waals surface area contributed by atoms with Crippen LogP contribution < -0.4 is 10.1 Å². The van der Waals surface area contributed by atoms with Crippen LogP contribution in [-0.2, 0) is 6.42 Å². The summed E-state index contributed by atoms with van der Waals surface area (Å²) >= 11 is 17.9. The summed E-state index contributed by atoms with van der Waals surface area (Å²) in [6.45, 7) is 0.684. The Balaban J connectivity index is 1.63. The predicted octanol–water partition coefficient (Wildman–Crippen LogP) is 5.06. The molecule has 0 saturated carbocycles. The van der Waals surface area contributed by atoms with Gasteiger partial charge in [-0.25, -0.2) is 0 Å². The largest absolute Gasteiger partial charge is 0.488 e. The van der Waals surface area contributed by atoms with Gasteiger partial charge in [0.1, 0.15) is 11.9 Å². The van der Waals surface area contributed by atoms with Crippen molar-refractivity contribution in [3.05, 3.63) is 57.0 Å². The molecule has 0 radical (unpaired) electrons. The van der Waals surface area contributed by atoms with Crippen molar-refractivity contribution in [2.24, 2.45) is 0 Å². The van der Waals surface area contributed by atoms with E-state index in [2.05, 4.69) is 5.32 Å². The molecular weight excluding hydrogens is 317 g/mol. The lowest BCUT2D eigenvalue weighted by Crippen LogP contribution is -2.23. The first kappa shape index (κ1) is 13.9. The first-order chi connectivity index (χ1) is 9.60. The quantitative estimate of drug-likeness (QED) is 0.850. The molecule has 1 N–H and O–H groups in total. The minimum Gasteiger partial charge on any atom is -0.488 e. The molecule has 0 spiro atoms. The fourth-order valence-corrected chi connectivity index (χ4v) is 3.01. The summed E-state index contributed by atoms with van der Waals surface area (Å²) in [4.78, 5) is 0. The number of ether oxygens (including phenoxy) is 1. The van der Waals surface area contributed by atoms with Crippen LogP contribution in [0.15, 0.2) is 36.4 Å². The van der Waals surface area contributed by atoms with Crippen molar-refractivity contribution in [3.63, 3.8) is 0 Å². The lowest BCUT2D eigenvalue weighted by molar-refractivity contribution is 0.246. The molecule has 0 aliphatic carbocycles. The van der Waals surface area contributed by atoms with E-state index in [4.69, 9.17) is 39.5 Å². The lowest BCUT2D eigenvalue weighted by Gasteiger charge is -2.13. The molecule has 104 valence electrons. The molecule has 1 aliphatic heterocycles. The maximum Gasteiger partial charge on any atom is 0.123 e. The molecule has 5 heteroatoms. The SMILES string of the molecule is Clc1cc(Cl)cc(NCC2Cc3cc(Cl)ccc3O2)c1. The highest BCUT2D eigenvalue weighted by atomic mass is 35.5. The molecule has 2 aromatic carbocycles. The minimum atomic E-state index is 0.0845. The van der Waals surface area contributed by atoms with Crippen LogP contribution in [0.3, 0.4) is 0 Å². The maximum atomic E-state index is 5.98. The topological polar surface area (TPSA) is 21.3 Å². The molecule has 0 saturated heterocycles. The van der Waals surface area contributed by atoms with E-state index in [1.807, 2.05) is 30.3 Å². The fraction of sp³-hybridized carbons (Fsp3) is 0.200. The smallest absolute Gasteiger partial charge is 0.123 e. The van der Waals surface area contributed by atoms with Crippen LogP contribution in [-0.4, -0.2) is 12.6 Å². The first-order valence-corrected chi connectivity index (χ1v) is 7.38. The zero-order valence-corrected chi connectivity index (χ0v) is 12.8. The highest BCUT2D eigenvalue weighted by molar-refractivity contribution is 6.35. The van der Waals surface area contributed by atoms with E-state index in [1.165, 1.54) is 0 Å². The van der Waals surface area contributed by atoms with Crippen molar-refractivity contribution < 1.29 is 4.74 Å². The monoisotopic (exact) mass is 327 g/mol. The van der Waals surface area contributed by atoms with Gasteiger partial charge in [-0.15, -0.1) is 0 Å². The molecule has 2 nitrogen and oxygen atoms in total. The van der Waals surface area contributed by atoms with Crippen LogP contribution in [0.25, 0.3) is 0 Å². The molecule has 1 aliphatic rings. The van der Waals surface area contributed by atoms with E-state index in [1.54, 1.807) is 6.07 Å². The number of nitrogens with one attached hydrogen (secondary N) is 1. The van der Waals surface area contributed by atoms with E-state index in [0.29, 0.717) is 16.6 Å². The molecule has 3 rings (SSSR count). The number of benzene rings is 2. The number of anilines is 1. The Morgan fingerprint density at radius 1 is 1.00 bits per heavy atom. The van der Waals surface area contributed by atoms with Gasteiger partial charge >= 0.3 is 0 Å². The van der Waals surface area contributed by atoms with Crippen LogP contribution in [0.1, 0.15) is 5.56 Å². The summed E-state index contributed by atoms with van der Waals surface area (Å²) in [6.07, 6.45) is 0.929. The summed E-state index contributed by atoms with van der Waals surface area (Å²) in [5.74, 6) is 0.908. The van der Waals surface area contributed by atoms with Gasteiger partial charge in [-0.1, -0.05) is 34.8 Å². The second-order valence-corrected chi connectivity index (χ2v) is 6.04. The summed E-state index contributed by atoms with van der Waals surface area (Å²) < 4.78 is 5.86. The number of fused-ring (bicyclic) bond motifs is 1. The number of halogens is 3. The van der Waals surface area contributed by atoms with Crippen LogP contribution in [0.2, 0.25) is 15.1 Å². The van der Waals surface area contributed by atoms with Gasteiger partial charge in [-0.3, -0.25) is 0 Å². The molecule has 0 bridgehead atoms. The average molecular weight is 329 g/mol. The lowest BCUT2D eigenvalue weighted by atomic mass is 10.1. The molecule has 20 heavy (non-hydrogen) atoms. The van der Waals surface area contributed by atoms with Crippen molar-refractivity contribution in [3.8, 4) is 5.75 Å². The molecule has 1 unspecified atom stereocenters. The zero-order chi connectivity index (χ0) is 14.1. The number of hydrogen-bond acceptors (Lipinski definition) is 2. The third-order valence-electron chi connectivity index (χ3n) is 3.16. The van der Waals surface area contributed by atoms with E-state index in [9.17, 15) is 0 Å². The van der Waals surface area contributed by atoms with Gasteiger partial charge in [0.25, 0.3) is 0 Å². The summed E-state index contributed by atoms with van der Waals surface area (Å²) in [7, 11) is 0. The van der Waals surface area contributed by atoms with Gasteiger partial charge in [0, 0.05) is 27.2 Å². The van der Waals surface area contributed by atoms with Crippen molar-refractivity contribution in [1.82, 2.24) is 0 Å². The standard InChI is InChI=1S/C15H12Cl3NO/c16-10-1-2-15-9(3-10)4-14(20-15)8-19-13-6-11(17)5-12(18)7-13/h1-3,5-7,14,19H,4,8H2. The first-order valence-electron chi connectivity index (χ1n) is 6.25. The minimum absolute atomic E-state index is 0.0845. The number of hydrogen-bond donors (Lipinski definition) is 1. The van der Waals surface area contributed by atoms with Crippen molar-refractivity contribution >= 4 is 40.5 Å². The second-order valence-electron chi connectivity index (χ2n) is 4.74. The second kappa shape index (κ2) is 5.72. The van der Waals surface area contributed by atoms with Crippen molar-refractivity contribution in [1.29, 1.82) is 0 Å². The summed E-state index contributed by atoms with van der Waals surface area (Å²) in [5, 5.41) is 5.26. The highest BCUT2D eigenvalue weighted by Crippen LogP contribution is 2.31. The maximum absolute atomic E-state index is 5.98. The molecular formula is C15H12Cl3NO. The molecule has 0 fully saturated rings. The fourth-order valence-electron chi connectivity index (χ4n) is 2.29. The van der Waals surface area contributed by atoms with Crippen molar-refractivity contribution in [2.75, 3.05) is 11.9 Å². The van der Waals surface area contributed by atoms with Crippen molar-refractivity contribution in [2.45, 2.75) is 12.5 Å². The third-order valence-corrected chi connectivity index (χ3v) is 3.83. The Kier molecular flexibility index (Phi) is 3.97. The summed E-state index contributed by atoms with van der Waals surface area (Å²) in [5.41, 5.74) is 2.04. The Bertz CT molecular complexity index is 625. The number of rotatable bonds is 3. The molecule has 1 heterocycles. The Morgan fingerprint density at radius 2 is 1.75 bits per heavy atom. The normalized spacial score (nSPS) is 16.6. The average Bonchev–Trinajstić information content (AvgIpc) is 2.77. The van der Waals surface area contributed by atoms with Crippen LogP contribution in [0.5, 0.6) is 5.75 Å². The van der Waals surface area contributed by atoms with Crippen LogP contribution in [0.4, 0.5) is 5.69 Å². The van der Waals surface area contributed by atoms with Gasteiger partial charge in [0.05, 0.1) is 6.54 Å². The predicted molar refractivity (Wildman–Crippen MR) is 84.5 cm³/mol. The Morgan fingerprint density at radius 3 is 2.50 bits per heavy atom. The van der Waals surface area contributed by atoms with Gasteiger partial charge in [-0.2, -0.15) is 0 Å². The zero-order valence-electron chi connectivity index (χ0n) is 10.5. The van der Waals surface area contributed by atoms with Gasteiger partial charge < -0.3 is 10.1 Å². The van der Waals surface area contributed by atoms with Gasteiger partial charge in [0.2, 0.25) is 0 Å². The Labute approximate surface area is 132 Å². The van der Waals surface area contributed by atoms with E-state index < -0.39 is 0 Å². The molecule has 0 amide bonds.